The summed E-state index contributed by atoms with van der Waals surface area (Å²) in [6, 6.07) is 7.53. The van der Waals surface area contributed by atoms with Gasteiger partial charge in [-0.15, -0.1) is 0 Å². The second-order valence-electron chi connectivity index (χ2n) is 14.4. The molecule has 2 aromatic rings. The van der Waals surface area contributed by atoms with Crippen molar-refractivity contribution in [1.29, 1.82) is 5.26 Å². The number of likely N-dealkylation sites (tertiary alicyclic amines) is 1. The summed E-state index contributed by atoms with van der Waals surface area (Å²) in [5.74, 6) is 1.07. The Bertz CT molecular complexity index is 1380. The lowest BCUT2D eigenvalue weighted by Crippen LogP contribution is -2.74. The van der Waals surface area contributed by atoms with Gasteiger partial charge in [-0.05, 0) is 62.6 Å². The third kappa shape index (κ3) is 5.58. The van der Waals surface area contributed by atoms with E-state index < -0.39 is 0 Å². The van der Waals surface area contributed by atoms with Gasteiger partial charge < -0.3 is 20.1 Å². The topological polar surface area (TPSA) is 115 Å². The Balaban J connectivity index is 1.02. The largest absolute Gasteiger partial charge is 0.489 e. The molecule has 4 aliphatic rings. The van der Waals surface area contributed by atoms with Crippen molar-refractivity contribution >= 4 is 23.5 Å². The van der Waals surface area contributed by atoms with Crippen molar-refractivity contribution in [3.63, 3.8) is 0 Å². The van der Waals surface area contributed by atoms with Crippen molar-refractivity contribution in [2.24, 2.45) is 16.2 Å². The lowest BCUT2D eigenvalue weighted by Gasteiger charge is -2.63. The third-order valence-electron chi connectivity index (χ3n) is 10.7. The minimum absolute atomic E-state index is 0.111. The SMILES string of the molecule is CC1(C)C(NC(=O)c2cnc(N3CC(N4CCCC5(CCC(O)CC5)C4)C3)nc2)C(C)(C)C1Oc1ccc(C#N)c(Cl)c1. The molecule has 1 aromatic carbocycles. The van der Waals surface area contributed by atoms with Gasteiger partial charge in [-0.1, -0.05) is 39.3 Å². The fourth-order valence-corrected chi connectivity index (χ4v) is 8.66. The number of nitrogens with one attached hydrogen (secondary N) is 1. The number of hydrogen-bond acceptors (Lipinski definition) is 8. The van der Waals surface area contributed by atoms with Gasteiger partial charge in [0.15, 0.2) is 0 Å². The molecule has 0 bridgehead atoms. The second-order valence-corrected chi connectivity index (χ2v) is 14.8. The number of rotatable bonds is 6. The number of carbonyl (C=O) groups excluding carboxylic acids is 1. The average Bonchev–Trinajstić information content (AvgIpc) is 2.96. The van der Waals surface area contributed by atoms with Crippen LogP contribution in [0.4, 0.5) is 5.95 Å². The van der Waals surface area contributed by atoms with Gasteiger partial charge in [-0.25, -0.2) is 9.97 Å². The zero-order valence-electron chi connectivity index (χ0n) is 25.6. The van der Waals surface area contributed by atoms with Crippen molar-refractivity contribution in [2.45, 2.75) is 90.5 Å². The van der Waals surface area contributed by atoms with Crippen LogP contribution in [0.3, 0.4) is 0 Å². The van der Waals surface area contributed by atoms with E-state index in [1.807, 2.05) is 0 Å². The number of piperidine rings is 1. The molecule has 1 amide bonds. The van der Waals surface area contributed by atoms with Crippen molar-refractivity contribution in [3.05, 3.63) is 46.7 Å². The number of aliphatic hydroxyl groups is 1. The van der Waals surface area contributed by atoms with Crippen LogP contribution in [0.5, 0.6) is 5.75 Å². The zero-order chi connectivity index (χ0) is 30.6. The fourth-order valence-electron chi connectivity index (χ4n) is 8.44. The Morgan fingerprint density at radius 3 is 2.42 bits per heavy atom. The van der Waals surface area contributed by atoms with Gasteiger partial charge in [0, 0.05) is 61.0 Å². The standard InChI is InChI=1S/C33H43ClN6O3/c1-31(2)28(32(3,4)29(31)43-25-7-6-21(15-35)26(34)14-25)38-27(42)22-16-36-30(37-17-22)40-18-23(19-40)39-13-5-10-33(20-39)11-8-24(41)9-12-33/h6-7,14,16-17,23-24,28-29,41H,5,8-13,18-20H2,1-4H3,(H,38,42). The molecule has 0 atom stereocenters. The molecule has 43 heavy (non-hydrogen) atoms. The minimum Gasteiger partial charge on any atom is -0.489 e. The van der Waals surface area contributed by atoms with Crippen molar-refractivity contribution in [1.82, 2.24) is 20.2 Å². The highest BCUT2D eigenvalue weighted by Gasteiger charge is 2.64. The minimum atomic E-state index is -0.350. The van der Waals surface area contributed by atoms with Crippen LogP contribution in [-0.4, -0.2) is 76.4 Å². The molecule has 2 aliphatic carbocycles. The molecule has 1 aromatic heterocycles. The summed E-state index contributed by atoms with van der Waals surface area (Å²) in [6.45, 7) is 12.4. The Kier molecular flexibility index (Phi) is 7.85. The van der Waals surface area contributed by atoms with Gasteiger partial charge in [0.05, 0.1) is 22.3 Å². The molecular formula is C33H43ClN6O3. The predicted molar refractivity (Wildman–Crippen MR) is 165 cm³/mol. The molecule has 2 saturated heterocycles. The first-order valence-corrected chi connectivity index (χ1v) is 16.0. The molecule has 2 aliphatic heterocycles. The first kappa shape index (κ1) is 30.1. The number of aliphatic hydroxyl groups excluding tert-OH is 1. The van der Waals surface area contributed by atoms with Crippen LogP contribution >= 0.6 is 11.6 Å². The molecule has 9 nitrogen and oxygen atoms in total. The summed E-state index contributed by atoms with van der Waals surface area (Å²) < 4.78 is 6.34. The van der Waals surface area contributed by atoms with Crippen LogP contribution in [-0.2, 0) is 0 Å². The second kappa shape index (κ2) is 11.2. The van der Waals surface area contributed by atoms with Crippen LogP contribution < -0.4 is 15.0 Å². The van der Waals surface area contributed by atoms with Crippen molar-refractivity contribution in [3.8, 4) is 11.8 Å². The predicted octanol–water partition coefficient (Wildman–Crippen LogP) is 4.82. The van der Waals surface area contributed by atoms with Crippen LogP contribution in [0.25, 0.3) is 0 Å². The molecule has 10 heteroatoms. The maximum atomic E-state index is 13.3. The van der Waals surface area contributed by atoms with Crippen LogP contribution in [0.1, 0.15) is 82.1 Å². The van der Waals surface area contributed by atoms with E-state index in [4.69, 9.17) is 21.6 Å². The highest BCUT2D eigenvalue weighted by Crippen LogP contribution is 2.55. The Hall–Kier alpha value is -2.93. The molecule has 3 heterocycles. The van der Waals surface area contributed by atoms with Crippen LogP contribution in [0.15, 0.2) is 30.6 Å². The third-order valence-corrected chi connectivity index (χ3v) is 11.0. The Morgan fingerprint density at radius 2 is 1.79 bits per heavy atom. The Labute approximate surface area is 259 Å². The number of ether oxygens (including phenoxy) is 1. The molecule has 0 unspecified atom stereocenters. The lowest BCUT2D eigenvalue weighted by molar-refractivity contribution is -0.164. The maximum absolute atomic E-state index is 13.3. The normalized spacial score (nSPS) is 26.7. The zero-order valence-corrected chi connectivity index (χ0v) is 26.4. The van der Waals surface area contributed by atoms with E-state index in [0.717, 1.165) is 51.9 Å². The van der Waals surface area contributed by atoms with Gasteiger partial charge in [0.1, 0.15) is 17.9 Å². The summed E-state index contributed by atoms with van der Waals surface area (Å²) in [6.07, 6.45) is 9.65. The first-order valence-electron chi connectivity index (χ1n) is 15.6. The van der Waals surface area contributed by atoms with Crippen molar-refractivity contribution in [2.75, 3.05) is 31.1 Å². The van der Waals surface area contributed by atoms with E-state index in [9.17, 15) is 9.90 Å². The number of anilines is 1. The number of aromatic nitrogens is 2. The smallest absolute Gasteiger partial charge is 0.254 e. The summed E-state index contributed by atoms with van der Waals surface area (Å²) in [5, 5.41) is 22.7. The average molecular weight is 607 g/mol. The number of nitrogens with zero attached hydrogens (tertiary/aromatic N) is 5. The van der Waals surface area contributed by atoms with Crippen LogP contribution in [0.2, 0.25) is 5.02 Å². The van der Waals surface area contributed by atoms with E-state index in [1.165, 1.54) is 12.8 Å². The molecule has 1 spiro atoms. The van der Waals surface area contributed by atoms with Gasteiger partial charge in [0.2, 0.25) is 5.95 Å². The maximum Gasteiger partial charge on any atom is 0.254 e. The monoisotopic (exact) mass is 606 g/mol. The van der Waals surface area contributed by atoms with E-state index >= 15 is 0 Å². The van der Waals surface area contributed by atoms with E-state index in [2.05, 4.69) is 58.8 Å². The van der Waals surface area contributed by atoms with Crippen molar-refractivity contribution < 1.29 is 14.6 Å². The molecule has 4 fully saturated rings. The number of benzene rings is 1. The first-order chi connectivity index (χ1) is 20.4. The molecule has 230 valence electrons. The summed E-state index contributed by atoms with van der Waals surface area (Å²) >= 11 is 6.22. The quantitative estimate of drug-likeness (QED) is 0.481. The highest BCUT2D eigenvalue weighted by atomic mass is 35.5. The highest BCUT2D eigenvalue weighted by molar-refractivity contribution is 6.31. The summed E-state index contributed by atoms with van der Waals surface area (Å²) in [7, 11) is 0. The summed E-state index contributed by atoms with van der Waals surface area (Å²) in [4.78, 5) is 27.2. The van der Waals surface area contributed by atoms with Gasteiger partial charge in [0.25, 0.3) is 5.91 Å². The number of amides is 1. The van der Waals surface area contributed by atoms with Gasteiger partial charge in [-0.2, -0.15) is 5.26 Å². The molecule has 2 N–H and O–H groups in total. The molecule has 2 saturated carbocycles. The molecule has 6 rings (SSSR count). The van der Waals surface area contributed by atoms with E-state index in [-0.39, 0.29) is 35.0 Å². The number of carbonyl (C=O) groups is 1. The van der Waals surface area contributed by atoms with E-state index in [0.29, 0.717) is 39.3 Å². The number of nitriles is 1. The van der Waals surface area contributed by atoms with Gasteiger partial charge >= 0.3 is 0 Å². The summed E-state index contributed by atoms with van der Waals surface area (Å²) in [5.41, 5.74) is 0.532. The Morgan fingerprint density at radius 1 is 1.12 bits per heavy atom. The molecular weight excluding hydrogens is 564 g/mol. The number of hydrogen-bond donors (Lipinski definition) is 2. The number of halogens is 1. The lowest BCUT2D eigenvalue weighted by atomic mass is 9.49. The van der Waals surface area contributed by atoms with Crippen LogP contribution in [0, 0.1) is 27.6 Å². The fraction of sp³-hybridized carbons (Fsp3) is 0.636. The van der Waals surface area contributed by atoms with Gasteiger partial charge in [-0.3, -0.25) is 9.69 Å². The van der Waals surface area contributed by atoms with E-state index in [1.54, 1.807) is 30.6 Å². The molecule has 0 radical (unpaired) electrons.